The van der Waals surface area contributed by atoms with Crippen LogP contribution in [0.25, 0.3) is 16.7 Å². The van der Waals surface area contributed by atoms with Crippen molar-refractivity contribution in [2.24, 2.45) is 0 Å². The van der Waals surface area contributed by atoms with E-state index in [1.54, 1.807) is 4.68 Å². The molecule has 0 radical (unpaired) electrons. The summed E-state index contributed by atoms with van der Waals surface area (Å²) in [5.74, 6) is 0.500. The Bertz CT molecular complexity index is 1220. The second-order valence-electron chi connectivity index (χ2n) is 6.34. The van der Waals surface area contributed by atoms with E-state index in [0.29, 0.717) is 12.4 Å². The molecule has 4 aromatic rings. The molecule has 0 spiro atoms. The van der Waals surface area contributed by atoms with E-state index in [9.17, 15) is 18.0 Å². The van der Waals surface area contributed by atoms with Crippen molar-refractivity contribution in [2.75, 3.05) is 0 Å². The number of aromatic nitrogens is 8. The minimum atomic E-state index is -4.48. The molecule has 0 aliphatic rings. The van der Waals surface area contributed by atoms with Gasteiger partial charge in [0.1, 0.15) is 11.7 Å². The lowest BCUT2D eigenvalue weighted by atomic mass is 10.2. The molecule has 0 saturated carbocycles. The van der Waals surface area contributed by atoms with Crippen molar-refractivity contribution in [3.8, 4) is 5.69 Å². The van der Waals surface area contributed by atoms with Gasteiger partial charge in [0.25, 0.3) is 5.56 Å². The van der Waals surface area contributed by atoms with Crippen LogP contribution in [0, 0.1) is 0 Å². The number of tetrazole rings is 1. The van der Waals surface area contributed by atoms with Crippen LogP contribution in [0.15, 0.2) is 41.6 Å². The normalized spacial score (nSPS) is 12.0. The smallest absolute Gasteiger partial charge is 0.291 e. The molecule has 12 heteroatoms. The molecule has 0 unspecified atom stereocenters. The lowest BCUT2D eigenvalue weighted by Crippen LogP contribution is -2.23. The Balaban J connectivity index is 1.73. The van der Waals surface area contributed by atoms with Crippen LogP contribution >= 0.6 is 0 Å². The van der Waals surface area contributed by atoms with Gasteiger partial charge in [0.05, 0.1) is 24.0 Å². The van der Waals surface area contributed by atoms with Gasteiger partial charge in [0.15, 0.2) is 11.5 Å². The van der Waals surface area contributed by atoms with Crippen LogP contribution in [0.1, 0.15) is 24.7 Å². The maximum atomic E-state index is 13.0. The first-order valence-corrected chi connectivity index (χ1v) is 8.74. The van der Waals surface area contributed by atoms with E-state index < -0.39 is 11.7 Å². The molecule has 0 saturated heterocycles. The topological polar surface area (TPSA) is 96.3 Å². The number of aryl methyl sites for hydroxylation is 1. The van der Waals surface area contributed by atoms with Crippen LogP contribution in [0.4, 0.5) is 13.2 Å². The van der Waals surface area contributed by atoms with Crippen LogP contribution < -0.4 is 5.56 Å². The molecule has 0 fully saturated rings. The minimum Gasteiger partial charge on any atom is -0.291 e. The number of alkyl halides is 3. The van der Waals surface area contributed by atoms with E-state index in [2.05, 4.69) is 25.6 Å². The molecular weight excluding hydrogens is 389 g/mol. The molecule has 29 heavy (non-hydrogen) atoms. The van der Waals surface area contributed by atoms with Crippen LogP contribution in [0.5, 0.6) is 0 Å². The molecule has 0 amide bonds. The SMILES string of the molecule is CCCn1nnnc1Cn1cnc2c(cnn2-c2cccc(C(F)(F)F)c2)c1=O. The molecular formula is C17H15F3N8O. The number of benzene rings is 1. The fourth-order valence-electron chi connectivity index (χ4n) is 2.94. The Morgan fingerprint density at radius 1 is 1.21 bits per heavy atom. The standard InChI is InChI=1S/C17H15F3N8O/c1-2-6-27-14(23-24-25-27)9-26-10-21-15-13(16(26)29)8-22-28(15)12-5-3-4-11(7-12)17(18,19)20/h3-5,7-8,10H,2,6,9H2,1H3. The fourth-order valence-corrected chi connectivity index (χ4v) is 2.94. The van der Waals surface area contributed by atoms with Gasteiger partial charge >= 0.3 is 6.18 Å². The monoisotopic (exact) mass is 404 g/mol. The predicted molar refractivity (Wildman–Crippen MR) is 95.3 cm³/mol. The summed E-state index contributed by atoms with van der Waals surface area (Å²) in [7, 11) is 0. The second kappa shape index (κ2) is 7.11. The largest absolute Gasteiger partial charge is 0.416 e. The van der Waals surface area contributed by atoms with Gasteiger partial charge in [-0.1, -0.05) is 13.0 Å². The summed E-state index contributed by atoms with van der Waals surface area (Å²) in [6.45, 7) is 2.71. The Labute approximate surface area is 161 Å². The van der Waals surface area contributed by atoms with E-state index in [-0.39, 0.29) is 28.8 Å². The summed E-state index contributed by atoms with van der Waals surface area (Å²) in [5.41, 5.74) is -0.876. The maximum Gasteiger partial charge on any atom is 0.416 e. The van der Waals surface area contributed by atoms with E-state index in [1.165, 1.54) is 33.9 Å². The quantitative estimate of drug-likeness (QED) is 0.505. The highest BCUT2D eigenvalue weighted by Crippen LogP contribution is 2.30. The van der Waals surface area contributed by atoms with Crippen molar-refractivity contribution < 1.29 is 13.2 Å². The van der Waals surface area contributed by atoms with Gasteiger partial charge in [-0.05, 0) is 35.0 Å². The number of halogens is 3. The van der Waals surface area contributed by atoms with Gasteiger partial charge in [0, 0.05) is 6.54 Å². The average Bonchev–Trinajstić information content (AvgIpc) is 3.31. The van der Waals surface area contributed by atoms with Crippen LogP contribution in [-0.4, -0.2) is 39.5 Å². The molecule has 0 aliphatic carbocycles. The van der Waals surface area contributed by atoms with Crippen LogP contribution in [0.2, 0.25) is 0 Å². The average molecular weight is 404 g/mol. The van der Waals surface area contributed by atoms with Gasteiger partial charge in [-0.25, -0.2) is 14.3 Å². The third kappa shape index (κ3) is 3.48. The Morgan fingerprint density at radius 2 is 2.03 bits per heavy atom. The highest BCUT2D eigenvalue weighted by atomic mass is 19.4. The van der Waals surface area contributed by atoms with Gasteiger partial charge in [-0.2, -0.15) is 18.3 Å². The van der Waals surface area contributed by atoms with E-state index >= 15 is 0 Å². The summed E-state index contributed by atoms with van der Waals surface area (Å²) < 4.78 is 43.1. The fraction of sp³-hybridized carbons (Fsp3) is 0.294. The predicted octanol–water partition coefficient (Wildman–Crippen LogP) is 2.05. The summed E-state index contributed by atoms with van der Waals surface area (Å²) in [4.78, 5) is 17.0. The molecule has 4 rings (SSSR count). The van der Waals surface area contributed by atoms with Crippen molar-refractivity contribution in [3.05, 3.63) is 58.5 Å². The van der Waals surface area contributed by atoms with E-state index in [4.69, 9.17) is 0 Å². The van der Waals surface area contributed by atoms with Gasteiger partial charge in [-0.3, -0.25) is 9.36 Å². The number of fused-ring (bicyclic) bond motifs is 1. The molecule has 9 nitrogen and oxygen atoms in total. The zero-order valence-electron chi connectivity index (χ0n) is 15.2. The Hall–Kier alpha value is -3.57. The van der Waals surface area contributed by atoms with Crippen molar-refractivity contribution >= 4 is 11.0 Å². The lowest BCUT2D eigenvalue weighted by Gasteiger charge is -2.09. The highest BCUT2D eigenvalue weighted by Gasteiger charge is 2.30. The summed E-state index contributed by atoms with van der Waals surface area (Å²) in [6.07, 6.45) is -1.06. The molecule has 3 heterocycles. The minimum absolute atomic E-state index is 0.115. The highest BCUT2D eigenvalue weighted by molar-refractivity contribution is 5.75. The first kappa shape index (κ1) is 18.8. The Morgan fingerprint density at radius 3 is 2.79 bits per heavy atom. The molecule has 3 aromatic heterocycles. The summed E-state index contributed by atoms with van der Waals surface area (Å²) in [5, 5.41) is 15.7. The van der Waals surface area contributed by atoms with Crippen LogP contribution in [-0.2, 0) is 19.3 Å². The zero-order valence-corrected chi connectivity index (χ0v) is 15.2. The maximum absolute atomic E-state index is 13.0. The van der Waals surface area contributed by atoms with Crippen LogP contribution in [0.3, 0.4) is 0 Å². The van der Waals surface area contributed by atoms with Gasteiger partial charge < -0.3 is 0 Å². The third-order valence-corrected chi connectivity index (χ3v) is 4.33. The van der Waals surface area contributed by atoms with Gasteiger partial charge in [-0.15, -0.1) is 5.10 Å². The van der Waals surface area contributed by atoms with Crippen molar-refractivity contribution in [3.63, 3.8) is 0 Å². The molecule has 0 aliphatic heterocycles. The first-order chi connectivity index (χ1) is 13.9. The number of nitrogens with zero attached hydrogens (tertiary/aromatic N) is 8. The van der Waals surface area contributed by atoms with Crippen molar-refractivity contribution in [1.82, 2.24) is 39.5 Å². The third-order valence-electron chi connectivity index (χ3n) is 4.33. The second-order valence-corrected chi connectivity index (χ2v) is 6.34. The van der Waals surface area contributed by atoms with Crippen molar-refractivity contribution in [2.45, 2.75) is 32.6 Å². The molecule has 150 valence electrons. The van der Waals surface area contributed by atoms with Crippen molar-refractivity contribution in [1.29, 1.82) is 0 Å². The molecule has 0 atom stereocenters. The summed E-state index contributed by atoms with van der Waals surface area (Å²) >= 11 is 0. The number of hydrogen-bond donors (Lipinski definition) is 0. The Kier molecular flexibility index (Phi) is 4.60. The van der Waals surface area contributed by atoms with Gasteiger partial charge in [0.2, 0.25) is 0 Å². The molecule has 0 bridgehead atoms. The number of hydrogen-bond acceptors (Lipinski definition) is 6. The first-order valence-electron chi connectivity index (χ1n) is 8.74. The zero-order chi connectivity index (χ0) is 20.6. The van der Waals surface area contributed by atoms with E-state index in [0.717, 1.165) is 18.6 Å². The van der Waals surface area contributed by atoms with E-state index in [1.807, 2.05) is 6.92 Å². The molecule has 0 N–H and O–H groups in total. The molecule has 1 aromatic carbocycles. The lowest BCUT2D eigenvalue weighted by molar-refractivity contribution is -0.137. The number of rotatable bonds is 5. The summed E-state index contributed by atoms with van der Waals surface area (Å²) in [6, 6.07) is 4.67.